The molecule has 1 saturated carbocycles. The first-order valence-corrected chi connectivity index (χ1v) is 11.3. The molecule has 2 fully saturated rings. The number of fused-ring (bicyclic) bond motifs is 1. The van der Waals surface area contributed by atoms with Crippen LogP contribution in [0.3, 0.4) is 0 Å². The van der Waals surface area contributed by atoms with Crippen molar-refractivity contribution in [3.05, 3.63) is 59.7 Å². The van der Waals surface area contributed by atoms with Crippen LogP contribution >= 0.6 is 0 Å². The molecule has 1 aliphatic heterocycles. The zero-order chi connectivity index (χ0) is 21.8. The number of rotatable bonds is 6. The van der Waals surface area contributed by atoms with Crippen LogP contribution in [-0.4, -0.2) is 42.3 Å². The molecule has 1 heterocycles. The van der Waals surface area contributed by atoms with E-state index >= 15 is 0 Å². The summed E-state index contributed by atoms with van der Waals surface area (Å²) in [7, 11) is 3.25. The Morgan fingerprint density at radius 2 is 1.84 bits per heavy atom. The van der Waals surface area contributed by atoms with Gasteiger partial charge < -0.3 is 19.5 Å². The number of amides is 1. The van der Waals surface area contributed by atoms with Gasteiger partial charge in [-0.25, -0.2) is 0 Å². The lowest BCUT2D eigenvalue weighted by molar-refractivity contribution is -0.155. The van der Waals surface area contributed by atoms with Crippen LogP contribution in [0.25, 0.3) is 0 Å². The van der Waals surface area contributed by atoms with Crippen molar-refractivity contribution in [3.63, 3.8) is 0 Å². The number of carbonyl (C=O) groups is 1. The molecule has 4 rings (SSSR count). The van der Waals surface area contributed by atoms with Gasteiger partial charge in [-0.3, -0.25) is 4.79 Å². The third-order valence-corrected chi connectivity index (χ3v) is 7.11. The molecule has 1 saturated heterocycles. The molecule has 2 aliphatic rings. The Kier molecular flexibility index (Phi) is 6.51. The van der Waals surface area contributed by atoms with Gasteiger partial charge in [0.05, 0.1) is 25.9 Å². The van der Waals surface area contributed by atoms with E-state index < -0.39 is 5.60 Å². The van der Waals surface area contributed by atoms with Crippen LogP contribution in [-0.2, 0) is 11.2 Å². The standard InChI is InChI=1S/C26H33NO4/c1-30-22-13-12-20(18-23(22)31-2)25-21-10-6-7-15-26(21,29)16-17-27(25)24(28)14-11-19-8-4-3-5-9-19/h3-5,8-9,12-13,18,21,25,29H,6-7,10-11,14-17H2,1-2H3/t21-,25+,26+/m0/s1. The quantitative estimate of drug-likeness (QED) is 0.742. The minimum Gasteiger partial charge on any atom is -0.493 e. The predicted octanol–water partition coefficient (Wildman–Crippen LogP) is 4.53. The van der Waals surface area contributed by atoms with Gasteiger partial charge >= 0.3 is 0 Å². The van der Waals surface area contributed by atoms with Gasteiger partial charge in [0.25, 0.3) is 0 Å². The van der Waals surface area contributed by atoms with Crippen LogP contribution in [0.4, 0.5) is 0 Å². The second kappa shape index (κ2) is 9.31. The maximum atomic E-state index is 13.4. The van der Waals surface area contributed by atoms with E-state index in [1.807, 2.05) is 41.3 Å². The smallest absolute Gasteiger partial charge is 0.223 e. The highest BCUT2D eigenvalue weighted by molar-refractivity contribution is 5.77. The van der Waals surface area contributed by atoms with Gasteiger partial charge in [-0.1, -0.05) is 49.2 Å². The van der Waals surface area contributed by atoms with E-state index in [1.165, 1.54) is 5.56 Å². The predicted molar refractivity (Wildman–Crippen MR) is 120 cm³/mol. The molecule has 0 aromatic heterocycles. The van der Waals surface area contributed by atoms with Gasteiger partial charge in [-0.15, -0.1) is 0 Å². The zero-order valence-electron chi connectivity index (χ0n) is 18.5. The van der Waals surface area contributed by atoms with Gasteiger partial charge in [0.15, 0.2) is 11.5 Å². The Morgan fingerprint density at radius 1 is 1.06 bits per heavy atom. The number of aliphatic hydroxyl groups is 1. The number of carbonyl (C=O) groups excluding carboxylic acids is 1. The van der Waals surface area contributed by atoms with E-state index in [1.54, 1.807) is 14.2 Å². The number of nitrogens with zero attached hydrogens (tertiary/aromatic N) is 1. The number of hydrogen-bond acceptors (Lipinski definition) is 4. The lowest BCUT2D eigenvalue weighted by atomic mass is 9.66. The highest BCUT2D eigenvalue weighted by Gasteiger charge is 2.50. The van der Waals surface area contributed by atoms with Gasteiger partial charge in [0, 0.05) is 18.9 Å². The van der Waals surface area contributed by atoms with Crippen LogP contribution < -0.4 is 9.47 Å². The molecule has 1 N–H and O–H groups in total. The van der Waals surface area contributed by atoms with Crippen molar-refractivity contribution in [1.29, 1.82) is 0 Å². The molecule has 1 amide bonds. The Bertz CT molecular complexity index is 900. The first kappa shape index (κ1) is 21.7. The minimum absolute atomic E-state index is 0.0359. The van der Waals surface area contributed by atoms with Crippen molar-refractivity contribution < 1.29 is 19.4 Å². The summed E-state index contributed by atoms with van der Waals surface area (Å²) < 4.78 is 11.0. The van der Waals surface area contributed by atoms with Gasteiger partial charge in [-0.2, -0.15) is 0 Å². The van der Waals surface area contributed by atoms with Crippen molar-refractivity contribution in [3.8, 4) is 11.5 Å². The van der Waals surface area contributed by atoms with Crippen molar-refractivity contribution in [2.45, 2.75) is 56.6 Å². The van der Waals surface area contributed by atoms with Gasteiger partial charge in [-0.05, 0) is 48.9 Å². The first-order chi connectivity index (χ1) is 15.1. The van der Waals surface area contributed by atoms with E-state index in [2.05, 4.69) is 12.1 Å². The fourth-order valence-corrected chi connectivity index (χ4v) is 5.45. The van der Waals surface area contributed by atoms with E-state index in [0.29, 0.717) is 30.9 Å². The number of methoxy groups -OCH3 is 2. The maximum absolute atomic E-state index is 13.4. The van der Waals surface area contributed by atoms with E-state index in [4.69, 9.17) is 9.47 Å². The van der Waals surface area contributed by atoms with E-state index in [0.717, 1.165) is 37.7 Å². The summed E-state index contributed by atoms with van der Waals surface area (Å²) in [6, 6.07) is 15.9. The Morgan fingerprint density at radius 3 is 2.58 bits per heavy atom. The van der Waals surface area contributed by atoms with Crippen molar-refractivity contribution in [2.75, 3.05) is 20.8 Å². The van der Waals surface area contributed by atoms with Crippen LogP contribution in [0, 0.1) is 5.92 Å². The third-order valence-electron chi connectivity index (χ3n) is 7.11. The molecule has 5 heteroatoms. The second-order valence-electron chi connectivity index (χ2n) is 8.84. The van der Waals surface area contributed by atoms with Crippen molar-refractivity contribution in [2.24, 2.45) is 5.92 Å². The second-order valence-corrected chi connectivity index (χ2v) is 8.84. The molecule has 5 nitrogen and oxygen atoms in total. The molecule has 0 radical (unpaired) electrons. The Balaban J connectivity index is 1.64. The fraction of sp³-hybridized carbons (Fsp3) is 0.500. The molecule has 0 unspecified atom stereocenters. The number of aryl methyl sites for hydroxylation is 1. The number of benzene rings is 2. The van der Waals surface area contributed by atoms with E-state index in [-0.39, 0.29) is 17.9 Å². The summed E-state index contributed by atoms with van der Waals surface area (Å²) in [5.74, 6) is 1.51. The van der Waals surface area contributed by atoms with Gasteiger partial charge in [0.1, 0.15) is 0 Å². The van der Waals surface area contributed by atoms with Crippen LogP contribution in [0.15, 0.2) is 48.5 Å². The third kappa shape index (κ3) is 4.42. The summed E-state index contributed by atoms with van der Waals surface area (Å²) in [6.07, 6.45) is 5.73. The van der Waals surface area contributed by atoms with E-state index in [9.17, 15) is 9.90 Å². The highest BCUT2D eigenvalue weighted by Crippen LogP contribution is 2.50. The average molecular weight is 424 g/mol. The topological polar surface area (TPSA) is 59.0 Å². The minimum atomic E-state index is -0.702. The molecule has 1 aliphatic carbocycles. The number of ether oxygens (including phenoxy) is 2. The lowest BCUT2D eigenvalue weighted by Gasteiger charge is -2.52. The molecule has 0 bridgehead atoms. The summed E-state index contributed by atoms with van der Waals surface area (Å²) in [6.45, 7) is 0.583. The SMILES string of the molecule is COc1ccc([C@@H]2[C@@H]3CCCC[C@@]3(O)CCN2C(=O)CCc2ccccc2)cc1OC. The van der Waals surface area contributed by atoms with Gasteiger partial charge in [0.2, 0.25) is 5.91 Å². The largest absolute Gasteiger partial charge is 0.493 e. The monoisotopic (exact) mass is 423 g/mol. The molecule has 2 aromatic carbocycles. The Hall–Kier alpha value is -2.53. The lowest BCUT2D eigenvalue weighted by Crippen LogP contribution is -2.56. The first-order valence-electron chi connectivity index (χ1n) is 11.3. The van der Waals surface area contributed by atoms with Crippen LogP contribution in [0.5, 0.6) is 11.5 Å². The molecule has 166 valence electrons. The molecule has 3 atom stereocenters. The summed E-state index contributed by atoms with van der Waals surface area (Å²) in [4.78, 5) is 15.4. The number of hydrogen-bond donors (Lipinski definition) is 1. The highest BCUT2D eigenvalue weighted by atomic mass is 16.5. The average Bonchev–Trinajstić information content (AvgIpc) is 2.81. The number of piperidine rings is 1. The summed E-state index contributed by atoms with van der Waals surface area (Å²) in [5, 5.41) is 11.5. The Labute approximate surface area is 185 Å². The molecular formula is C26H33NO4. The fourth-order valence-electron chi connectivity index (χ4n) is 5.45. The molecule has 31 heavy (non-hydrogen) atoms. The summed E-state index contributed by atoms with van der Waals surface area (Å²) in [5.41, 5.74) is 1.48. The molecule has 0 spiro atoms. The number of likely N-dealkylation sites (tertiary alicyclic amines) is 1. The molecular weight excluding hydrogens is 390 g/mol. The van der Waals surface area contributed by atoms with Crippen LogP contribution in [0.1, 0.15) is 55.7 Å². The summed E-state index contributed by atoms with van der Waals surface area (Å²) >= 11 is 0. The molecule has 2 aromatic rings. The maximum Gasteiger partial charge on any atom is 0.223 e. The van der Waals surface area contributed by atoms with Crippen LogP contribution in [0.2, 0.25) is 0 Å². The zero-order valence-corrected chi connectivity index (χ0v) is 18.5. The van der Waals surface area contributed by atoms with Crippen molar-refractivity contribution >= 4 is 5.91 Å². The van der Waals surface area contributed by atoms with Crippen molar-refractivity contribution in [1.82, 2.24) is 4.90 Å². The normalized spacial score (nSPS) is 25.6.